The molecule has 4 rings (SSSR count). The van der Waals surface area contributed by atoms with E-state index in [2.05, 4.69) is 49.0 Å². The molecule has 1 aliphatic rings. The molecule has 6 heteroatoms. The molecule has 0 atom stereocenters. The number of benzene rings is 2. The zero-order chi connectivity index (χ0) is 17.4. The Hall–Kier alpha value is -2.31. The van der Waals surface area contributed by atoms with Crippen molar-refractivity contribution in [3.05, 3.63) is 69.7 Å². The van der Waals surface area contributed by atoms with Crippen LogP contribution in [0.2, 0.25) is 0 Å². The molecule has 4 nitrogen and oxygen atoms in total. The number of fused-ring (bicyclic) bond motifs is 1. The molecule has 1 aliphatic heterocycles. The Kier molecular flexibility index (Phi) is 4.23. The summed E-state index contributed by atoms with van der Waals surface area (Å²) in [5.41, 5.74) is 2.93. The molecule has 1 saturated heterocycles. The lowest BCUT2D eigenvalue weighted by atomic mass is 10.2. The first-order valence-corrected chi connectivity index (χ1v) is 9.31. The highest BCUT2D eigenvalue weighted by molar-refractivity contribution is 9.10. The van der Waals surface area contributed by atoms with Crippen molar-refractivity contribution in [2.75, 3.05) is 0 Å². The second-order valence-corrected chi connectivity index (χ2v) is 7.59. The van der Waals surface area contributed by atoms with Crippen LogP contribution in [0.4, 0.5) is 5.69 Å². The average Bonchev–Trinajstić information content (AvgIpc) is 3.11. The van der Waals surface area contributed by atoms with Gasteiger partial charge in [0.1, 0.15) is 0 Å². The van der Waals surface area contributed by atoms with Crippen LogP contribution in [-0.2, 0) is 11.8 Å². The number of nitrogens with one attached hydrogen (secondary N) is 1. The first-order valence-electron chi connectivity index (χ1n) is 7.70. The largest absolute Gasteiger partial charge is 0.344 e. The van der Waals surface area contributed by atoms with Crippen LogP contribution in [0, 0.1) is 0 Å². The molecule has 0 saturated carbocycles. The highest BCUT2D eigenvalue weighted by Gasteiger charge is 2.24. The van der Waals surface area contributed by atoms with Crippen LogP contribution in [-0.4, -0.2) is 15.6 Å². The average molecular weight is 412 g/mol. The predicted octanol–water partition coefficient (Wildman–Crippen LogP) is 4.83. The van der Waals surface area contributed by atoms with Crippen LogP contribution in [0.1, 0.15) is 5.69 Å². The molecule has 1 fully saturated rings. The third kappa shape index (κ3) is 3.27. The van der Waals surface area contributed by atoms with Crippen molar-refractivity contribution in [3.8, 4) is 0 Å². The maximum absolute atomic E-state index is 12.3. The number of hydrogen-bond donors (Lipinski definition) is 1. The monoisotopic (exact) mass is 411 g/mol. The molecule has 0 spiro atoms. The Balaban J connectivity index is 1.64. The van der Waals surface area contributed by atoms with Crippen molar-refractivity contribution in [2.24, 2.45) is 12.0 Å². The lowest BCUT2D eigenvalue weighted by Gasteiger charge is -1.99. The van der Waals surface area contributed by atoms with E-state index in [1.807, 2.05) is 49.5 Å². The predicted molar refractivity (Wildman–Crippen MR) is 108 cm³/mol. The molecule has 3 aromatic rings. The number of para-hydroxylation sites is 1. The quantitative estimate of drug-likeness (QED) is 0.613. The van der Waals surface area contributed by atoms with E-state index in [4.69, 9.17) is 0 Å². The van der Waals surface area contributed by atoms with E-state index in [0.29, 0.717) is 10.1 Å². The van der Waals surface area contributed by atoms with E-state index in [9.17, 15) is 4.79 Å². The van der Waals surface area contributed by atoms with Crippen LogP contribution in [0.15, 0.2) is 69.0 Å². The Bertz CT molecular complexity index is 1030. The third-order valence-corrected chi connectivity index (χ3v) is 5.41. The summed E-state index contributed by atoms with van der Waals surface area (Å²) in [6.45, 7) is 0. The highest BCUT2D eigenvalue weighted by atomic mass is 79.9. The second-order valence-electron chi connectivity index (χ2n) is 5.65. The molecule has 2 heterocycles. The zero-order valence-corrected chi connectivity index (χ0v) is 15.8. The molecule has 124 valence electrons. The summed E-state index contributed by atoms with van der Waals surface area (Å²) in [5.74, 6) is -0.119. The summed E-state index contributed by atoms with van der Waals surface area (Å²) in [5, 5.41) is 4.58. The number of halogens is 1. The summed E-state index contributed by atoms with van der Waals surface area (Å²) in [4.78, 5) is 17.4. The van der Waals surface area contributed by atoms with Crippen LogP contribution in [0.3, 0.4) is 0 Å². The van der Waals surface area contributed by atoms with E-state index >= 15 is 0 Å². The Labute approximate surface area is 157 Å². The van der Waals surface area contributed by atoms with Crippen LogP contribution >= 0.6 is 27.7 Å². The van der Waals surface area contributed by atoms with E-state index in [1.165, 1.54) is 11.8 Å². The summed E-state index contributed by atoms with van der Waals surface area (Å²) in [6, 6.07) is 17.9. The molecule has 0 unspecified atom stereocenters. The van der Waals surface area contributed by atoms with Gasteiger partial charge in [0.05, 0.1) is 10.6 Å². The molecule has 25 heavy (non-hydrogen) atoms. The number of aryl methyl sites for hydroxylation is 1. The van der Waals surface area contributed by atoms with Crippen molar-refractivity contribution in [1.82, 2.24) is 9.88 Å². The number of carbonyl (C=O) groups is 1. The summed E-state index contributed by atoms with van der Waals surface area (Å²) in [6.07, 6.45) is 1.91. The number of hydrogen-bond acceptors (Lipinski definition) is 3. The van der Waals surface area contributed by atoms with Crippen molar-refractivity contribution in [1.29, 1.82) is 0 Å². The minimum absolute atomic E-state index is 0.119. The second kappa shape index (κ2) is 6.54. The smallest absolute Gasteiger partial charge is 0.264 e. The van der Waals surface area contributed by atoms with E-state index < -0.39 is 0 Å². The fraction of sp³-hybridized carbons (Fsp3) is 0.0526. The summed E-state index contributed by atoms with van der Waals surface area (Å²) >= 11 is 4.76. The topological polar surface area (TPSA) is 46.4 Å². The molecule has 0 radical (unpaired) electrons. The van der Waals surface area contributed by atoms with Gasteiger partial charge in [0.15, 0.2) is 5.17 Å². The number of aliphatic imine (C=N–C) groups is 1. The number of thioether (sulfide) groups is 1. The number of nitrogens with zero attached hydrogens (tertiary/aromatic N) is 2. The van der Waals surface area contributed by atoms with E-state index in [0.717, 1.165) is 26.8 Å². The number of aromatic nitrogens is 1. The number of carbonyl (C=O) groups excluding carboxylic acids is 1. The van der Waals surface area contributed by atoms with E-state index in [-0.39, 0.29) is 5.91 Å². The van der Waals surface area contributed by atoms with Gasteiger partial charge in [0.25, 0.3) is 5.91 Å². The van der Waals surface area contributed by atoms with Gasteiger partial charge in [-0.2, -0.15) is 0 Å². The molecule has 1 N–H and O–H groups in total. The van der Waals surface area contributed by atoms with Crippen molar-refractivity contribution >= 4 is 61.4 Å². The summed E-state index contributed by atoms with van der Waals surface area (Å²) < 4.78 is 3.08. The summed E-state index contributed by atoms with van der Waals surface area (Å²) in [7, 11) is 2.00. The van der Waals surface area contributed by atoms with Crippen molar-refractivity contribution in [2.45, 2.75) is 0 Å². The SMILES string of the molecule is Cn1c(C=C2SC(=Nc3ccc(Br)cc3)NC2=O)cc2ccccc21. The molecule has 0 aliphatic carbocycles. The van der Waals surface area contributed by atoms with Gasteiger partial charge in [-0.3, -0.25) is 4.79 Å². The van der Waals surface area contributed by atoms with Gasteiger partial charge >= 0.3 is 0 Å². The molecular formula is C19H14BrN3OS. The number of amides is 1. The van der Waals surface area contributed by atoms with Gasteiger partial charge in [-0.05, 0) is 54.2 Å². The molecule has 1 amide bonds. The molecular weight excluding hydrogens is 398 g/mol. The van der Waals surface area contributed by atoms with Crippen LogP contribution < -0.4 is 5.32 Å². The van der Waals surface area contributed by atoms with Crippen LogP contribution in [0.25, 0.3) is 17.0 Å². The third-order valence-electron chi connectivity index (χ3n) is 3.98. The van der Waals surface area contributed by atoms with Crippen molar-refractivity contribution in [3.63, 3.8) is 0 Å². The number of amidine groups is 1. The van der Waals surface area contributed by atoms with Crippen LogP contribution in [0.5, 0.6) is 0 Å². The highest BCUT2D eigenvalue weighted by Crippen LogP contribution is 2.29. The van der Waals surface area contributed by atoms with Gasteiger partial charge < -0.3 is 9.88 Å². The normalized spacial score (nSPS) is 17.6. The van der Waals surface area contributed by atoms with Gasteiger partial charge in [0.2, 0.25) is 0 Å². The molecule has 1 aromatic heterocycles. The maximum atomic E-state index is 12.3. The fourth-order valence-electron chi connectivity index (χ4n) is 2.70. The molecule has 0 bridgehead atoms. The molecule has 2 aromatic carbocycles. The maximum Gasteiger partial charge on any atom is 0.264 e. The Morgan fingerprint density at radius 1 is 1.16 bits per heavy atom. The van der Waals surface area contributed by atoms with Crippen molar-refractivity contribution < 1.29 is 4.79 Å². The first kappa shape index (κ1) is 16.2. The van der Waals surface area contributed by atoms with Gasteiger partial charge in [0, 0.05) is 28.1 Å². The first-order chi connectivity index (χ1) is 12.1. The van der Waals surface area contributed by atoms with E-state index in [1.54, 1.807) is 0 Å². The lowest BCUT2D eigenvalue weighted by molar-refractivity contribution is -0.115. The Morgan fingerprint density at radius 3 is 2.68 bits per heavy atom. The lowest BCUT2D eigenvalue weighted by Crippen LogP contribution is -2.19. The van der Waals surface area contributed by atoms with Gasteiger partial charge in [-0.25, -0.2) is 4.99 Å². The standard InChI is InChI=1S/C19H14BrN3OS/c1-23-15(10-12-4-2-3-5-16(12)23)11-17-18(24)22-19(25-17)21-14-8-6-13(20)7-9-14/h2-11H,1H3,(H,21,22,24). The fourth-order valence-corrected chi connectivity index (χ4v) is 3.79. The minimum Gasteiger partial charge on any atom is -0.344 e. The Morgan fingerprint density at radius 2 is 1.92 bits per heavy atom. The minimum atomic E-state index is -0.119. The number of rotatable bonds is 2. The van der Waals surface area contributed by atoms with Gasteiger partial charge in [-0.1, -0.05) is 34.1 Å². The van der Waals surface area contributed by atoms with Gasteiger partial charge in [-0.15, -0.1) is 0 Å². The zero-order valence-electron chi connectivity index (χ0n) is 13.4.